The molecule has 11 nitrogen and oxygen atoms in total. The van der Waals surface area contributed by atoms with E-state index in [-0.39, 0.29) is 40.5 Å². The highest BCUT2D eigenvalue weighted by atomic mass is 35.5. The maximum Gasteiger partial charge on any atom is 0.434 e. The van der Waals surface area contributed by atoms with Crippen molar-refractivity contribution in [2.45, 2.75) is 70.1 Å². The second-order valence-electron chi connectivity index (χ2n) is 13.3. The molecule has 13 heteroatoms. The first-order valence-corrected chi connectivity index (χ1v) is 16.5. The molecule has 1 saturated carbocycles. The van der Waals surface area contributed by atoms with E-state index in [1.165, 1.54) is 12.3 Å². The molecule has 0 aromatic carbocycles. The van der Waals surface area contributed by atoms with E-state index in [1.807, 2.05) is 27.8 Å². The Kier molecular flexibility index (Phi) is 6.62. The Morgan fingerprint density at radius 3 is 2.70 bits per heavy atom. The molecule has 1 N–H and O–H groups in total. The topological polar surface area (TPSA) is 132 Å². The van der Waals surface area contributed by atoms with Gasteiger partial charge in [0.25, 0.3) is 11.8 Å². The normalized spacial score (nSPS) is 23.2. The Balaban J connectivity index is 1.19. The summed E-state index contributed by atoms with van der Waals surface area (Å²) in [5, 5.41) is 7.68. The minimum atomic E-state index is -0.685. The van der Waals surface area contributed by atoms with Gasteiger partial charge in [0.15, 0.2) is 0 Å². The first kappa shape index (κ1) is 28.8. The SMILES string of the molecule is O=C1c2c(nc(CCC34CCC(CC3)OC4)c(-c3n[nH]c(=O)o3)c2-c2cnc3c(ccn3Cc3ncc(Cl)cc3F)c2)[C@@H]2CCCN12. The van der Waals surface area contributed by atoms with Crippen LogP contribution in [0.1, 0.15) is 78.4 Å². The van der Waals surface area contributed by atoms with Crippen molar-refractivity contribution in [2.75, 3.05) is 13.2 Å². The predicted octanol–water partition coefficient (Wildman–Crippen LogP) is 5.86. The van der Waals surface area contributed by atoms with Crippen LogP contribution in [-0.2, 0) is 17.7 Å². The summed E-state index contributed by atoms with van der Waals surface area (Å²) in [6, 6.07) is 5.01. The van der Waals surface area contributed by atoms with Crippen LogP contribution in [0.25, 0.3) is 33.6 Å². The van der Waals surface area contributed by atoms with Crippen LogP contribution in [0.15, 0.2) is 46.0 Å². The van der Waals surface area contributed by atoms with Crippen LogP contribution in [0, 0.1) is 11.2 Å². The summed E-state index contributed by atoms with van der Waals surface area (Å²) in [7, 11) is 0. The lowest BCUT2D eigenvalue weighted by Gasteiger charge is -2.46. The van der Waals surface area contributed by atoms with Gasteiger partial charge in [0.05, 0.1) is 58.5 Å². The van der Waals surface area contributed by atoms with E-state index in [4.69, 9.17) is 30.7 Å². The number of pyridine rings is 3. The molecule has 9 heterocycles. The number of ether oxygens (including phenoxy) is 1. The Morgan fingerprint density at radius 2 is 1.94 bits per heavy atom. The molecule has 0 radical (unpaired) electrons. The second kappa shape index (κ2) is 10.8. The number of amides is 1. The van der Waals surface area contributed by atoms with Crippen molar-refractivity contribution in [1.82, 2.24) is 34.6 Å². The van der Waals surface area contributed by atoms with Crippen LogP contribution >= 0.6 is 11.6 Å². The van der Waals surface area contributed by atoms with E-state index in [9.17, 15) is 14.0 Å². The van der Waals surface area contributed by atoms with Gasteiger partial charge in [-0.1, -0.05) is 11.6 Å². The number of H-pyrrole nitrogens is 1. The van der Waals surface area contributed by atoms with Crippen LogP contribution in [0.5, 0.6) is 0 Å². The number of hydrogen-bond donors (Lipinski definition) is 1. The predicted molar refractivity (Wildman–Crippen MR) is 169 cm³/mol. The lowest BCUT2D eigenvalue weighted by Crippen LogP contribution is -2.42. The Bertz CT molecular complexity index is 2120. The fraction of sp³-hybridized carbons (Fsp3) is 0.412. The van der Waals surface area contributed by atoms with Crippen molar-refractivity contribution >= 4 is 28.5 Å². The molecule has 47 heavy (non-hydrogen) atoms. The third-order valence-corrected chi connectivity index (χ3v) is 10.8. The fourth-order valence-corrected chi connectivity index (χ4v) is 8.31. The number of aromatic nitrogens is 6. The third-order valence-electron chi connectivity index (χ3n) is 10.6. The van der Waals surface area contributed by atoms with Crippen molar-refractivity contribution in [3.63, 3.8) is 0 Å². The van der Waals surface area contributed by atoms with Crippen LogP contribution < -0.4 is 5.76 Å². The Hall–Kier alpha value is -4.42. The number of halogens is 2. The van der Waals surface area contributed by atoms with E-state index >= 15 is 0 Å². The molecule has 3 saturated heterocycles. The van der Waals surface area contributed by atoms with Gasteiger partial charge < -0.3 is 18.6 Å². The fourth-order valence-electron chi connectivity index (χ4n) is 8.16. The lowest BCUT2D eigenvalue weighted by atomic mass is 9.68. The van der Waals surface area contributed by atoms with E-state index < -0.39 is 11.6 Å². The summed E-state index contributed by atoms with van der Waals surface area (Å²) in [6.45, 7) is 1.57. The molecular weight excluding hydrogens is 625 g/mol. The Labute approximate surface area is 273 Å². The van der Waals surface area contributed by atoms with Gasteiger partial charge in [0.1, 0.15) is 11.5 Å². The average molecular weight is 656 g/mol. The van der Waals surface area contributed by atoms with Crippen LogP contribution in [0.3, 0.4) is 0 Å². The number of nitrogens with zero attached hydrogens (tertiary/aromatic N) is 6. The average Bonchev–Trinajstić information content (AvgIpc) is 3.88. The minimum absolute atomic E-state index is 0.0797. The number of rotatable bonds is 7. The molecule has 2 bridgehead atoms. The first-order chi connectivity index (χ1) is 22.9. The molecule has 4 aliphatic heterocycles. The minimum Gasteiger partial charge on any atom is -0.388 e. The molecule has 1 amide bonds. The molecule has 1 atom stereocenters. The van der Waals surface area contributed by atoms with Gasteiger partial charge in [-0.3, -0.25) is 14.8 Å². The van der Waals surface area contributed by atoms with E-state index in [2.05, 4.69) is 15.2 Å². The molecule has 5 aliphatic rings. The van der Waals surface area contributed by atoms with Crippen LogP contribution in [-0.4, -0.2) is 59.8 Å². The molecule has 0 spiro atoms. The van der Waals surface area contributed by atoms with Gasteiger partial charge in [0, 0.05) is 41.6 Å². The van der Waals surface area contributed by atoms with Crippen molar-refractivity contribution in [3.8, 4) is 22.6 Å². The summed E-state index contributed by atoms with van der Waals surface area (Å²) in [6.07, 6.45) is 12.9. The van der Waals surface area contributed by atoms with Gasteiger partial charge in [0.2, 0.25) is 0 Å². The van der Waals surface area contributed by atoms with Crippen molar-refractivity contribution in [1.29, 1.82) is 0 Å². The number of aryl methyl sites for hydroxylation is 1. The first-order valence-electron chi connectivity index (χ1n) is 16.2. The second-order valence-corrected chi connectivity index (χ2v) is 13.8. The molecule has 5 aromatic rings. The zero-order valence-electron chi connectivity index (χ0n) is 25.5. The summed E-state index contributed by atoms with van der Waals surface area (Å²) in [5.74, 6) is -1.17. The number of carbonyl (C=O) groups excluding carboxylic acids is 1. The highest BCUT2D eigenvalue weighted by Gasteiger charge is 2.46. The van der Waals surface area contributed by atoms with Crippen LogP contribution in [0.2, 0.25) is 5.02 Å². The zero-order valence-corrected chi connectivity index (χ0v) is 26.2. The van der Waals surface area contributed by atoms with Gasteiger partial charge in [-0.15, -0.1) is 5.10 Å². The number of carbonyl (C=O) groups is 1. The quantitative estimate of drug-likeness (QED) is 0.231. The number of fused-ring (bicyclic) bond motifs is 7. The zero-order chi connectivity index (χ0) is 31.9. The molecule has 10 rings (SSSR count). The number of nitrogens with one attached hydrogen (secondary N) is 1. The summed E-state index contributed by atoms with van der Waals surface area (Å²) in [5.41, 5.74) is 4.81. The smallest absolute Gasteiger partial charge is 0.388 e. The number of aromatic amines is 1. The Morgan fingerprint density at radius 1 is 1.06 bits per heavy atom. The lowest BCUT2D eigenvalue weighted by molar-refractivity contribution is -0.117. The van der Waals surface area contributed by atoms with Gasteiger partial charge in [-0.05, 0) is 75.0 Å². The molecule has 5 aromatic heterocycles. The summed E-state index contributed by atoms with van der Waals surface area (Å²) >= 11 is 5.91. The monoisotopic (exact) mass is 655 g/mol. The molecule has 4 fully saturated rings. The molecule has 0 unspecified atom stereocenters. The molecule has 240 valence electrons. The maximum absolute atomic E-state index is 14.6. The van der Waals surface area contributed by atoms with Crippen molar-refractivity contribution in [2.24, 2.45) is 5.41 Å². The molecular formula is C34H31ClFN7O4. The van der Waals surface area contributed by atoms with Gasteiger partial charge in [-0.2, -0.15) is 0 Å². The standard InChI is InChI=1S/C34H31ClFN7O4/c35-20-13-22(36)24(37-15-20)16-42-11-6-18-12-19(14-38-30(18)42)26-27(31-40-41-33(45)47-31)23(5-9-34-7-3-21(4-8-34)46-17-34)39-29-25-2-1-10-43(25)32(44)28(26)29/h6,11-15,21,25H,1-5,7-10,16-17H2,(H,41,45)/t21?,25-,34?/m0/s1. The van der Waals surface area contributed by atoms with Crippen molar-refractivity contribution in [3.05, 3.63) is 80.8 Å². The van der Waals surface area contributed by atoms with Crippen molar-refractivity contribution < 1.29 is 18.3 Å². The number of hydrogen-bond acceptors (Lipinski definition) is 8. The largest absolute Gasteiger partial charge is 0.434 e. The van der Waals surface area contributed by atoms with Gasteiger partial charge >= 0.3 is 5.76 Å². The highest BCUT2D eigenvalue weighted by Crippen LogP contribution is 2.50. The highest BCUT2D eigenvalue weighted by molar-refractivity contribution is 6.30. The summed E-state index contributed by atoms with van der Waals surface area (Å²) < 4.78 is 28.1. The maximum atomic E-state index is 14.6. The van der Waals surface area contributed by atoms with E-state index in [1.54, 1.807) is 6.20 Å². The van der Waals surface area contributed by atoms with Crippen LogP contribution in [0.4, 0.5) is 4.39 Å². The van der Waals surface area contributed by atoms with E-state index in [0.717, 1.165) is 68.3 Å². The molecule has 1 aliphatic carbocycles. The van der Waals surface area contributed by atoms with Gasteiger partial charge in [-0.25, -0.2) is 19.3 Å². The summed E-state index contributed by atoms with van der Waals surface area (Å²) in [4.78, 5) is 42.5. The third kappa shape index (κ3) is 4.71. The van der Waals surface area contributed by atoms with E-state index in [0.29, 0.717) is 47.0 Å².